The molecular weight excluding hydrogens is 306 g/mol. The maximum atomic E-state index is 11.9. The minimum absolute atomic E-state index is 0.0702. The highest BCUT2D eigenvalue weighted by Gasteiger charge is 2.27. The third kappa shape index (κ3) is 4.52. The highest BCUT2D eigenvalue weighted by atomic mass is 32.2. The number of hydrogen-bond acceptors (Lipinski definition) is 5. The Bertz CT molecular complexity index is 619. The molecule has 22 heavy (non-hydrogen) atoms. The van der Waals surface area contributed by atoms with E-state index in [1.807, 2.05) is 0 Å². The zero-order valence-electron chi connectivity index (χ0n) is 12.9. The number of amides is 1. The number of aryl methyl sites for hydroxylation is 1. The van der Waals surface area contributed by atoms with E-state index in [9.17, 15) is 13.2 Å². The van der Waals surface area contributed by atoms with Crippen molar-refractivity contribution in [3.63, 3.8) is 0 Å². The lowest BCUT2D eigenvalue weighted by molar-refractivity contribution is -0.120. The van der Waals surface area contributed by atoms with Gasteiger partial charge >= 0.3 is 0 Å². The van der Waals surface area contributed by atoms with Crippen LogP contribution in [0.3, 0.4) is 0 Å². The van der Waals surface area contributed by atoms with Crippen molar-refractivity contribution in [1.29, 1.82) is 0 Å². The third-order valence-corrected chi connectivity index (χ3v) is 5.19. The first kappa shape index (κ1) is 16.9. The first-order chi connectivity index (χ1) is 10.3. The molecule has 0 atom stereocenters. The zero-order chi connectivity index (χ0) is 16.2. The number of sulfonamides is 1. The Morgan fingerprint density at radius 1 is 1.45 bits per heavy atom. The maximum Gasteiger partial charge on any atom is 0.260 e. The standard InChI is InChI=1S/C13H23N5O3S/c1-13(3-5-14-6-4-13)9-15-11(19)7-17-22(20,21)12-8-18(2)10-16-12/h8,10,14,17H,3-7,9H2,1-2H3,(H,15,19). The molecule has 2 heterocycles. The van der Waals surface area contributed by atoms with E-state index < -0.39 is 10.0 Å². The molecule has 1 saturated heterocycles. The predicted molar refractivity (Wildman–Crippen MR) is 81.6 cm³/mol. The summed E-state index contributed by atoms with van der Waals surface area (Å²) in [6.45, 7) is 4.29. The van der Waals surface area contributed by atoms with Crippen LogP contribution >= 0.6 is 0 Å². The number of aromatic nitrogens is 2. The van der Waals surface area contributed by atoms with Crippen molar-refractivity contribution in [1.82, 2.24) is 24.9 Å². The van der Waals surface area contributed by atoms with Crippen LogP contribution in [-0.4, -0.2) is 50.1 Å². The van der Waals surface area contributed by atoms with Crippen molar-refractivity contribution in [2.24, 2.45) is 12.5 Å². The number of hydrogen-bond donors (Lipinski definition) is 3. The van der Waals surface area contributed by atoms with Crippen molar-refractivity contribution in [3.8, 4) is 0 Å². The number of nitrogens with zero attached hydrogens (tertiary/aromatic N) is 2. The quantitative estimate of drug-likeness (QED) is 0.634. The molecule has 2 rings (SSSR count). The minimum atomic E-state index is -3.75. The molecule has 1 aliphatic heterocycles. The van der Waals surface area contributed by atoms with Crippen molar-refractivity contribution in [3.05, 3.63) is 12.5 Å². The summed E-state index contributed by atoms with van der Waals surface area (Å²) in [6, 6.07) is 0. The van der Waals surface area contributed by atoms with Gasteiger partial charge in [-0.05, 0) is 31.3 Å². The zero-order valence-corrected chi connectivity index (χ0v) is 13.7. The van der Waals surface area contributed by atoms with Crippen molar-refractivity contribution in [2.45, 2.75) is 24.8 Å². The summed E-state index contributed by atoms with van der Waals surface area (Å²) in [7, 11) is -2.07. The molecule has 1 aliphatic rings. The number of carbonyl (C=O) groups is 1. The van der Waals surface area contributed by atoms with Gasteiger partial charge in [-0.2, -0.15) is 0 Å². The summed E-state index contributed by atoms with van der Waals surface area (Å²) < 4.78 is 27.7. The molecule has 8 nitrogen and oxygen atoms in total. The Morgan fingerprint density at radius 2 is 2.14 bits per heavy atom. The van der Waals surface area contributed by atoms with Crippen LogP contribution in [0.4, 0.5) is 0 Å². The van der Waals surface area contributed by atoms with Crippen LogP contribution in [0.25, 0.3) is 0 Å². The second kappa shape index (κ2) is 6.76. The topological polar surface area (TPSA) is 105 Å². The molecule has 0 bridgehead atoms. The van der Waals surface area contributed by atoms with E-state index in [0.717, 1.165) is 25.9 Å². The number of rotatable bonds is 6. The molecular formula is C13H23N5O3S. The molecule has 9 heteroatoms. The molecule has 0 aromatic carbocycles. The fraction of sp³-hybridized carbons (Fsp3) is 0.692. The van der Waals surface area contributed by atoms with E-state index in [0.29, 0.717) is 6.54 Å². The summed E-state index contributed by atoms with van der Waals surface area (Å²) >= 11 is 0. The van der Waals surface area contributed by atoms with E-state index >= 15 is 0 Å². The van der Waals surface area contributed by atoms with Crippen molar-refractivity contribution < 1.29 is 13.2 Å². The number of piperidine rings is 1. The monoisotopic (exact) mass is 329 g/mol. The van der Waals surface area contributed by atoms with Crippen molar-refractivity contribution in [2.75, 3.05) is 26.2 Å². The first-order valence-electron chi connectivity index (χ1n) is 7.26. The Kier molecular flexibility index (Phi) is 5.20. The van der Waals surface area contributed by atoms with E-state index in [1.54, 1.807) is 7.05 Å². The second-order valence-corrected chi connectivity index (χ2v) is 7.75. The Hall–Kier alpha value is -1.45. The fourth-order valence-electron chi connectivity index (χ4n) is 2.34. The van der Waals surface area contributed by atoms with Gasteiger partial charge in [0.05, 0.1) is 12.9 Å². The van der Waals surface area contributed by atoms with Crippen LogP contribution in [0.2, 0.25) is 0 Å². The minimum Gasteiger partial charge on any atom is -0.354 e. The SMILES string of the molecule is Cn1cnc(S(=O)(=O)NCC(=O)NCC2(C)CCNCC2)c1. The van der Waals surface area contributed by atoms with Crippen molar-refractivity contribution >= 4 is 15.9 Å². The molecule has 0 saturated carbocycles. The molecule has 0 aliphatic carbocycles. The van der Waals surface area contributed by atoms with Gasteiger partial charge in [0.2, 0.25) is 5.91 Å². The second-order valence-electron chi connectivity index (χ2n) is 6.04. The van der Waals surface area contributed by atoms with Crippen LogP contribution in [0, 0.1) is 5.41 Å². The lowest BCUT2D eigenvalue weighted by Crippen LogP contribution is -2.45. The average molecular weight is 329 g/mol. The Balaban J connectivity index is 1.80. The molecule has 124 valence electrons. The molecule has 1 amide bonds. The van der Waals surface area contributed by atoms with Gasteiger partial charge in [0.25, 0.3) is 10.0 Å². The third-order valence-electron chi connectivity index (χ3n) is 3.90. The summed E-state index contributed by atoms with van der Waals surface area (Å²) in [4.78, 5) is 15.6. The van der Waals surface area contributed by atoms with E-state index in [2.05, 4.69) is 27.3 Å². The molecule has 1 aromatic rings. The van der Waals surface area contributed by atoms with Gasteiger partial charge in [-0.3, -0.25) is 4.79 Å². The van der Waals surface area contributed by atoms with E-state index in [-0.39, 0.29) is 22.9 Å². The van der Waals surface area contributed by atoms with Gasteiger partial charge in [0.15, 0.2) is 5.03 Å². The number of carbonyl (C=O) groups excluding carboxylic acids is 1. The van der Waals surface area contributed by atoms with Crippen LogP contribution < -0.4 is 15.4 Å². The van der Waals surface area contributed by atoms with Crippen LogP contribution in [-0.2, 0) is 21.9 Å². The summed E-state index contributed by atoms with van der Waals surface area (Å²) in [5.41, 5.74) is 0.0702. The molecule has 0 radical (unpaired) electrons. The van der Waals surface area contributed by atoms with Crippen LogP contribution in [0.1, 0.15) is 19.8 Å². The summed E-state index contributed by atoms with van der Waals surface area (Å²) in [5, 5.41) is 5.99. The van der Waals surface area contributed by atoms with Gasteiger partial charge in [-0.25, -0.2) is 18.1 Å². The average Bonchev–Trinajstić information content (AvgIpc) is 2.91. The highest BCUT2D eigenvalue weighted by molar-refractivity contribution is 7.89. The Morgan fingerprint density at radius 3 is 2.73 bits per heavy atom. The predicted octanol–water partition coefficient (Wildman–Crippen LogP) is -0.796. The smallest absolute Gasteiger partial charge is 0.260 e. The molecule has 0 unspecified atom stereocenters. The lowest BCUT2D eigenvalue weighted by Gasteiger charge is -2.34. The number of nitrogens with one attached hydrogen (secondary N) is 3. The fourth-order valence-corrected chi connectivity index (χ4v) is 3.30. The molecule has 1 fully saturated rings. The normalized spacial score (nSPS) is 18.1. The van der Waals surface area contributed by atoms with Gasteiger partial charge in [-0.1, -0.05) is 6.92 Å². The molecule has 1 aromatic heterocycles. The lowest BCUT2D eigenvalue weighted by atomic mass is 9.81. The highest BCUT2D eigenvalue weighted by Crippen LogP contribution is 2.26. The van der Waals surface area contributed by atoms with E-state index in [4.69, 9.17) is 0 Å². The summed E-state index contributed by atoms with van der Waals surface area (Å²) in [5.74, 6) is -0.334. The summed E-state index contributed by atoms with van der Waals surface area (Å²) in [6.07, 6.45) is 4.77. The van der Waals surface area contributed by atoms with Gasteiger partial charge in [0.1, 0.15) is 0 Å². The maximum absolute atomic E-state index is 11.9. The molecule has 3 N–H and O–H groups in total. The van der Waals surface area contributed by atoms with Crippen LogP contribution in [0.5, 0.6) is 0 Å². The Labute approximate surface area is 130 Å². The largest absolute Gasteiger partial charge is 0.354 e. The van der Waals surface area contributed by atoms with Gasteiger partial charge in [-0.15, -0.1) is 0 Å². The molecule has 0 spiro atoms. The van der Waals surface area contributed by atoms with Gasteiger partial charge in [0, 0.05) is 19.8 Å². The van der Waals surface area contributed by atoms with E-state index in [1.165, 1.54) is 17.1 Å². The first-order valence-corrected chi connectivity index (χ1v) is 8.74. The van der Waals surface area contributed by atoms with Crippen LogP contribution in [0.15, 0.2) is 17.6 Å². The van der Waals surface area contributed by atoms with Gasteiger partial charge < -0.3 is 15.2 Å². The number of imidazole rings is 1.